The maximum atomic E-state index is 11.6. The number of hydrogen-bond donors (Lipinski definition) is 1. The summed E-state index contributed by atoms with van der Waals surface area (Å²) in [5.74, 6) is 2.00. The highest BCUT2D eigenvalue weighted by molar-refractivity contribution is 7.91. The Hall–Kier alpha value is -0.130. The summed E-state index contributed by atoms with van der Waals surface area (Å²) in [6.07, 6.45) is 6.20. The van der Waals surface area contributed by atoms with E-state index in [4.69, 9.17) is 5.73 Å². The van der Waals surface area contributed by atoms with Gasteiger partial charge < -0.3 is 5.73 Å². The van der Waals surface area contributed by atoms with Crippen molar-refractivity contribution in [2.75, 3.05) is 24.6 Å². The van der Waals surface area contributed by atoms with Crippen LogP contribution in [0.2, 0.25) is 0 Å². The Labute approximate surface area is 124 Å². The lowest BCUT2D eigenvalue weighted by molar-refractivity contribution is 0.132. The summed E-state index contributed by atoms with van der Waals surface area (Å²) in [6.45, 7) is 5.96. The first-order valence-corrected chi connectivity index (χ1v) is 9.93. The van der Waals surface area contributed by atoms with Crippen molar-refractivity contribution >= 4 is 9.84 Å². The standard InChI is InChI=1S/C15H30N2O2S/c1-3-4-13-5-6-15(16)14(9-13)10-17-7-8-20(18,19)11-12(17)2/h12-15H,3-11,16H2,1-2H3. The first-order chi connectivity index (χ1) is 9.41. The average molecular weight is 302 g/mol. The van der Waals surface area contributed by atoms with Crippen molar-refractivity contribution in [2.24, 2.45) is 17.6 Å². The number of nitrogens with zero attached hydrogens (tertiary/aromatic N) is 1. The van der Waals surface area contributed by atoms with Gasteiger partial charge in [-0.25, -0.2) is 8.42 Å². The molecule has 5 heteroatoms. The van der Waals surface area contributed by atoms with Gasteiger partial charge in [0.25, 0.3) is 0 Å². The lowest BCUT2D eigenvalue weighted by Crippen LogP contribution is -2.51. The largest absolute Gasteiger partial charge is 0.327 e. The fraction of sp³-hybridized carbons (Fsp3) is 1.00. The number of sulfone groups is 1. The van der Waals surface area contributed by atoms with E-state index >= 15 is 0 Å². The number of nitrogens with two attached hydrogens (primary N) is 1. The van der Waals surface area contributed by atoms with Crippen molar-refractivity contribution in [3.05, 3.63) is 0 Å². The summed E-state index contributed by atoms with van der Waals surface area (Å²) in [5.41, 5.74) is 6.31. The van der Waals surface area contributed by atoms with Crippen molar-refractivity contribution in [3.63, 3.8) is 0 Å². The summed E-state index contributed by atoms with van der Waals surface area (Å²) in [4.78, 5) is 2.35. The van der Waals surface area contributed by atoms with Gasteiger partial charge in [-0.15, -0.1) is 0 Å². The highest BCUT2D eigenvalue weighted by atomic mass is 32.2. The van der Waals surface area contributed by atoms with Gasteiger partial charge in [0.05, 0.1) is 11.5 Å². The predicted octanol–water partition coefficient (Wildman–Crippen LogP) is 1.65. The molecule has 2 rings (SSSR count). The molecule has 2 fully saturated rings. The van der Waals surface area contributed by atoms with Crippen LogP contribution in [0.1, 0.15) is 46.0 Å². The molecule has 0 spiro atoms. The van der Waals surface area contributed by atoms with Crippen LogP contribution in [0.25, 0.3) is 0 Å². The van der Waals surface area contributed by atoms with Gasteiger partial charge >= 0.3 is 0 Å². The minimum Gasteiger partial charge on any atom is -0.327 e. The molecule has 2 aliphatic rings. The van der Waals surface area contributed by atoms with E-state index in [0.29, 0.717) is 30.0 Å². The van der Waals surface area contributed by atoms with Gasteiger partial charge in [-0.1, -0.05) is 19.8 Å². The van der Waals surface area contributed by atoms with Crippen LogP contribution in [0, 0.1) is 11.8 Å². The van der Waals surface area contributed by atoms with E-state index in [2.05, 4.69) is 11.8 Å². The molecule has 4 unspecified atom stereocenters. The maximum Gasteiger partial charge on any atom is 0.153 e. The second kappa shape index (κ2) is 6.75. The molecule has 118 valence electrons. The van der Waals surface area contributed by atoms with Crippen LogP contribution in [-0.4, -0.2) is 50.0 Å². The molecule has 20 heavy (non-hydrogen) atoms. The molecule has 4 nitrogen and oxygen atoms in total. The van der Waals surface area contributed by atoms with Crippen LogP contribution in [0.3, 0.4) is 0 Å². The molecule has 0 aromatic heterocycles. The Balaban J connectivity index is 1.91. The van der Waals surface area contributed by atoms with Crippen molar-refractivity contribution < 1.29 is 8.42 Å². The third kappa shape index (κ3) is 4.18. The zero-order valence-electron chi connectivity index (χ0n) is 12.9. The van der Waals surface area contributed by atoms with Gasteiger partial charge in [-0.2, -0.15) is 0 Å². The second-order valence-corrected chi connectivity index (χ2v) is 9.08. The minimum absolute atomic E-state index is 0.146. The summed E-state index contributed by atoms with van der Waals surface area (Å²) in [7, 11) is -2.81. The first kappa shape index (κ1) is 16.2. The maximum absolute atomic E-state index is 11.6. The zero-order valence-corrected chi connectivity index (χ0v) is 13.7. The first-order valence-electron chi connectivity index (χ1n) is 8.11. The molecule has 0 aromatic rings. The van der Waals surface area contributed by atoms with E-state index < -0.39 is 9.84 Å². The molecule has 0 amide bonds. The third-order valence-electron chi connectivity index (χ3n) is 5.12. The molecular weight excluding hydrogens is 272 g/mol. The summed E-state index contributed by atoms with van der Waals surface area (Å²) >= 11 is 0. The van der Waals surface area contributed by atoms with Crippen LogP contribution in [-0.2, 0) is 9.84 Å². The SMILES string of the molecule is CCCC1CCC(N)C(CN2CCS(=O)(=O)CC2C)C1. The molecule has 0 bridgehead atoms. The van der Waals surface area contributed by atoms with E-state index in [1.807, 2.05) is 6.92 Å². The van der Waals surface area contributed by atoms with Crippen LogP contribution in [0.5, 0.6) is 0 Å². The highest BCUT2D eigenvalue weighted by Crippen LogP contribution is 2.32. The fourth-order valence-electron chi connectivity index (χ4n) is 3.87. The average Bonchev–Trinajstić information content (AvgIpc) is 2.36. The predicted molar refractivity (Wildman–Crippen MR) is 83.4 cm³/mol. The van der Waals surface area contributed by atoms with Gasteiger partial charge in [0.2, 0.25) is 0 Å². The lowest BCUT2D eigenvalue weighted by atomic mass is 9.76. The van der Waals surface area contributed by atoms with Crippen LogP contribution >= 0.6 is 0 Å². The molecule has 0 aromatic carbocycles. The van der Waals surface area contributed by atoms with E-state index in [9.17, 15) is 8.42 Å². The van der Waals surface area contributed by atoms with Crippen LogP contribution in [0.4, 0.5) is 0 Å². The topological polar surface area (TPSA) is 63.4 Å². The van der Waals surface area contributed by atoms with Crippen molar-refractivity contribution in [1.29, 1.82) is 0 Å². The Morgan fingerprint density at radius 3 is 2.70 bits per heavy atom. The van der Waals surface area contributed by atoms with Crippen molar-refractivity contribution in [3.8, 4) is 0 Å². The molecule has 1 heterocycles. The molecule has 4 atom stereocenters. The summed E-state index contributed by atoms with van der Waals surface area (Å²) < 4.78 is 23.3. The van der Waals surface area contributed by atoms with Crippen LogP contribution in [0.15, 0.2) is 0 Å². The lowest BCUT2D eigenvalue weighted by Gasteiger charge is -2.40. The highest BCUT2D eigenvalue weighted by Gasteiger charge is 2.33. The number of rotatable bonds is 4. The smallest absolute Gasteiger partial charge is 0.153 e. The number of hydrogen-bond acceptors (Lipinski definition) is 4. The molecule has 1 aliphatic heterocycles. The van der Waals surface area contributed by atoms with E-state index in [0.717, 1.165) is 18.9 Å². The van der Waals surface area contributed by atoms with Gasteiger partial charge in [0, 0.05) is 25.2 Å². The minimum atomic E-state index is -2.81. The second-order valence-electron chi connectivity index (χ2n) is 6.85. The Kier molecular flexibility index (Phi) is 5.49. The molecule has 2 N–H and O–H groups in total. The van der Waals surface area contributed by atoms with Crippen molar-refractivity contribution in [1.82, 2.24) is 4.90 Å². The molecule has 1 saturated carbocycles. The summed E-state index contributed by atoms with van der Waals surface area (Å²) in [5, 5.41) is 0. The Bertz CT molecular complexity index is 410. The molecule has 0 radical (unpaired) electrons. The van der Waals surface area contributed by atoms with Gasteiger partial charge in [0.1, 0.15) is 0 Å². The Morgan fingerprint density at radius 1 is 1.30 bits per heavy atom. The van der Waals surface area contributed by atoms with Gasteiger partial charge in [0.15, 0.2) is 9.84 Å². The van der Waals surface area contributed by atoms with Gasteiger partial charge in [-0.3, -0.25) is 4.90 Å². The van der Waals surface area contributed by atoms with E-state index in [1.165, 1.54) is 25.7 Å². The van der Waals surface area contributed by atoms with Gasteiger partial charge in [-0.05, 0) is 38.0 Å². The van der Waals surface area contributed by atoms with E-state index in [-0.39, 0.29) is 6.04 Å². The molecule has 1 aliphatic carbocycles. The normalized spacial score (nSPS) is 38.8. The quantitative estimate of drug-likeness (QED) is 0.857. The zero-order chi connectivity index (χ0) is 14.8. The van der Waals surface area contributed by atoms with E-state index in [1.54, 1.807) is 0 Å². The summed E-state index contributed by atoms with van der Waals surface area (Å²) in [6, 6.07) is 0.446. The molecular formula is C15H30N2O2S. The van der Waals surface area contributed by atoms with Crippen LogP contribution < -0.4 is 5.73 Å². The van der Waals surface area contributed by atoms with Crippen molar-refractivity contribution in [2.45, 2.75) is 58.0 Å². The molecule has 1 saturated heterocycles. The Morgan fingerprint density at radius 2 is 2.05 bits per heavy atom. The third-order valence-corrected chi connectivity index (χ3v) is 6.92. The monoisotopic (exact) mass is 302 g/mol. The fourth-order valence-corrected chi connectivity index (χ4v) is 5.50.